The third-order valence-corrected chi connectivity index (χ3v) is 5.47. The summed E-state index contributed by atoms with van der Waals surface area (Å²) in [5.74, 6) is 0. The van der Waals surface area contributed by atoms with E-state index in [4.69, 9.17) is 24.5 Å². The minimum Gasteiger partial charge on any atom is -0.376 e. The maximum absolute atomic E-state index is 8.74. The lowest BCUT2D eigenvalue weighted by Gasteiger charge is -2.45. The molecule has 0 spiro atoms. The molecular weight excluding hydrogens is 366 g/mol. The van der Waals surface area contributed by atoms with E-state index >= 15 is 0 Å². The molecule has 0 bridgehead atoms. The first-order chi connectivity index (χ1) is 13.2. The molecule has 1 aromatic carbocycles. The Bertz CT molecular complexity index is 612. The molecule has 1 saturated heterocycles. The van der Waals surface area contributed by atoms with Crippen LogP contribution in [0, 0.1) is 0 Å². The van der Waals surface area contributed by atoms with Gasteiger partial charge in [-0.05, 0) is 30.5 Å². The molecule has 1 fully saturated rings. The van der Waals surface area contributed by atoms with Crippen molar-refractivity contribution in [1.29, 1.82) is 0 Å². The van der Waals surface area contributed by atoms with Crippen LogP contribution >= 0.6 is 11.8 Å². The van der Waals surface area contributed by atoms with Crippen molar-refractivity contribution in [3.63, 3.8) is 0 Å². The SMILES string of the molecule is C=CCCCO[C@H]1[C@H](OC)[C@@H](OC)[C@H](Sc2ccccc2)O[C@@H]1CN=[N+]=[N-]. The molecule has 0 aliphatic carbocycles. The predicted octanol–water partition coefficient (Wildman–Crippen LogP) is 4.20. The standard InChI is InChI=1S/C19H27N3O4S/c1-4-5-9-12-25-16-15(13-21-22-20)26-19(18(24-3)17(16)23-2)27-14-10-7-6-8-11-14/h4,6-8,10-11,15-19H,1,5,9,12-13H2,2-3H3/t15-,16-,17+,18-,19+/m1/s1. The molecule has 27 heavy (non-hydrogen) atoms. The zero-order chi connectivity index (χ0) is 19.5. The van der Waals surface area contributed by atoms with Gasteiger partial charge in [-0.15, -0.1) is 6.58 Å². The number of thioether (sulfide) groups is 1. The molecule has 0 radical (unpaired) electrons. The van der Waals surface area contributed by atoms with Crippen LogP contribution in [-0.4, -0.2) is 57.2 Å². The summed E-state index contributed by atoms with van der Waals surface area (Å²) in [6, 6.07) is 9.95. The molecule has 0 N–H and O–H groups in total. The van der Waals surface area contributed by atoms with Crippen molar-refractivity contribution in [3.8, 4) is 0 Å². The average molecular weight is 394 g/mol. The van der Waals surface area contributed by atoms with Gasteiger partial charge in [-0.25, -0.2) is 0 Å². The fraction of sp³-hybridized carbons (Fsp3) is 0.579. The predicted molar refractivity (Wildman–Crippen MR) is 106 cm³/mol. The van der Waals surface area contributed by atoms with Gasteiger partial charge < -0.3 is 18.9 Å². The van der Waals surface area contributed by atoms with Crippen LogP contribution in [-0.2, 0) is 18.9 Å². The van der Waals surface area contributed by atoms with E-state index < -0.39 is 6.10 Å². The fourth-order valence-corrected chi connectivity index (χ4v) is 4.22. The zero-order valence-electron chi connectivity index (χ0n) is 15.8. The van der Waals surface area contributed by atoms with Gasteiger partial charge in [0.1, 0.15) is 23.7 Å². The summed E-state index contributed by atoms with van der Waals surface area (Å²) in [4.78, 5) is 3.93. The first-order valence-electron chi connectivity index (χ1n) is 8.91. The van der Waals surface area contributed by atoms with Gasteiger partial charge in [0.05, 0.1) is 12.6 Å². The highest BCUT2D eigenvalue weighted by molar-refractivity contribution is 7.99. The lowest BCUT2D eigenvalue weighted by Crippen LogP contribution is -2.59. The fourth-order valence-electron chi connectivity index (χ4n) is 3.04. The first-order valence-corrected chi connectivity index (χ1v) is 9.79. The molecule has 0 unspecified atom stereocenters. The highest BCUT2D eigenvalue weighted by atomic mass is 32.2. The molecule has 5 atom stereocenters. The highest BCUT2D eigenvalue weighted by Crippen LogP contribution is 2.36. The van der Waals surface area contributed by atoms with Gasteiger partial charge in [-0.3, -0.25) is 0 Å². The van der Waals surface area contributed by atoms with Crippen molar-refractivity contribution < 1.29 is 18.9 Å². The molecule has 1 aliphatic heterocycles. The van der Waals surface area contributed by atoms with Crippen LogP contribution in [0.4, 0.5) is 0 Å². The van der Waals surface area contributed by atoms with Crippen LogP contribution in [0.15, 0.2) is 53.0 Å². The summed E-state index contributed by atoms with van der Waals surface area (Å²) in [7, 11) is 3.28. The number of methoxy groups -OCH3 is 2. The minimum absolute atomic E-state index is 0.171. The topological polar surface area (TPSA) is 85.7 Å². The van der Waals surface area contributed by atoms with Crippen LogP contribution in [0.5, 0.6) is 0 Å². The Morgan fingerprint density at radius 1 is 1.22 bits per heavy atom. The number of azide groups is 1. The van der Waals surface area contributed by atoms with Gasteiger partial charge in [-0.1, -0.05) is 41.2 Å². The molecule has 0 aromatic heterocycles. The van der Waals surface area contributed by atoms with E-state index in [1.165, 1.54) is 0 Å². The highest BCUT2D eigenvalue weighted by Gasteiger charge is 2.47. The molecule has 148 valence electrons. The van der Waals surface area contributed by atoms with Gasteiger partial charge in [-0.2, -0.15) is 0 Å². The molecule has 8 heteroatoms. The van der Waals surface area contributed by atoms with Crippen LogP contribution in [0.1, 0.15) is 12.8 Å². The third kappa shape index (κ3) is 6.24. The molecular formula is C19H27N3O4S. The Morgan fingerprint density at radius 3 is 2.59 bits per heavy atom. The number of unbranched alkanes of at least 4 members (excludes halogenated alkanes) is 1. The van der Waals surface area contributed by atoms with Crippen molar-refractivity contribution in [1.82, 2.24) is 0 Å². The number of hydrogen-bond acceptors (Lipinski definition) is 6. The van der Waals surface area contributed by atoms with Crippen molar-refractivity contribution >= 4 is 11.8 Å². The largest absolute Gasteiger partial charge is 0.376 e. The molecule has 1 heterocycles. The minimum atomic E-state index is -0.415. The number of hydrogen-bond donors (Lipinski definition) is 0. The molecule has 2 rings (SSSR count). The molecule has 0 saturated carbocycles. The Hall–Kier alpha value is -1.54. The summed E-state index contributed by atoms with van der Waals surface area (Å²) in [6.45, 7) is 4.44. The number of nitrogens with zero attached hydrogens (tertiary/aromatic N) is 3. The summed E-state index contributed by atoms with van der Waals surface area (Å²) >= 11 is 1.56. The second kappa shape index (κ2) is 12.0. The van der Waals surface area contributed by atoms with Crippen LogP contribution in [0.3, 0.4) is 0 Å². The average Bonchev–Trinajstić information content (AvgIpc) is 2.70. The van der Waals surface area contributed by atoms with Crippen molar-refractivity contribution in [2.45, 2.75) is 47.6 Å². The molecule has 0 amide bonds. The smallest absolute Gasteiger partial charge is 0.136 e. The van der Waals surface area contributed by atoms with Gasteiger partial charge >= 0.3 is 0 Å². The van der Waals surface area contributed by atoms with E-state index in [0.717, 1.165) is 17.7 Å². The second-order valence-corrected chi connectivity index (χ2v) is 7.23. The number of allylic oxidation sites excluding steroid dienone is 1. The van der Waals surface area contributed by atoms with Crippen molar-refractivity contribution in [2.24, 2.45) is 5.11 Å². The number of benzene rings is 1. The van der Waals surface area contributed by atoms with Crippen molar-refractivity contribution in [3.05, 3.63) is 53.4 Å². The summed E-state index contributed by atoms with van der Waals surface area (Å²) < 4.78 is 23.8. The van der Waals surface area contributed by atoms with Crippen molar-refractivity contribution in [2.75, 3.05) is 27.4 Å². The normalized spacial score (nSPS) is 27.7. The number of rotatable bonds is 11. The lowest BCUT2D eigenvalue weighted by atomic mass is 9.99. The zero-order valence-corrected chi connectivity index (χ0v) is 16.6. The maximum atomic E-state index is 8.74. The quantitative estimate of drug-likeness (QED) is 0.185. The maximum Gasteiger partial charge on any atom is 0.136 e. The van der Waals surface area contributed by atoms with Crippen LogP contribution < -0.4 is 0 Å². The van der Waals surface area contributed by atoms with Gasteiger partial charge in [0.25, 0.3) is 0 Å². The van der Waals surface area contributed by atoms with Crippen LogP contribution in [0.2, 0.25) is 0 Å². The van der Waals surface area contributed by atoms with Crippen LogP contribution in [0.25, 0.3) is 10.4 Å². The van der Waals surface area contributed by atoms with E-state index in [1.54, 1.807) is 26.0 Å². The van der Waals surface area contributed by atoms with E-state index in [0.29, 0.717) is 6.61 Å². The molecule has 7 nitrogen and oxygen atoms in total. The van der Waals surface area contributed by atoms with E-state index in [1.807, 2.05) is 36.4 Å². The molecule has 1 aromatic rings. The van der Waals surface area contributed by atoms with E-state index in [-0.39, 0.29) is 30.3 Å². The van der Waals surface area contributed by atoms with Gasteiger partial charge in [0.15, 0.2) is 0 Å². The van der Waals surface area contributed by atoms with Gasteiger partial charge in [0, 0.05) is 30.6 Å². The first kappa shape index (κ1) is 21.8. The summed E-state index contributed by atoms with van der Waals surface area (Å²) in [6.07, 6.45) is 2.11. The Kier molecular flexibility index (Phi) is 9.69. The number of ether oxygens (including phenoxy) is 4. The van der Waals surface area contributed by atoms with Gasteiger partial charge in [0.2, 0.25) is 0 Å². The second-order valence-electron chi connectivity index (χ2n) is 6.05. The Morgan fingerprint density at radius 2 is 1.96 bits per heavy atom. The van der Waals surface area contributed by atoms with E-state index in [2.05, 4.69) is 16.6 Å². The summed E-state index contributed by atoms with van der Waals surface area (Å²) in [5, 5.41) is 3.70. The monoisotopic (exact) mass is 393 g/mol. The van der Waals surface area contributed by atoms with E-state index in [9.17, 15) is 0 Å². The molecule has 1 aliphatic rings. The lowest BCUT2D eigenvalue weighted by molar-refractivity contribution is -0.224. The summed E-state index contributed by atoms with van der Waals surface area (Å²) in [5.41, 5.74) is 8.43. The Balaban J connectivity index is 2.18. The third-order valence-electron chi connectivity index (χ3n) is 4.32. The Labute approximate surface area is 164 Å².